The molecule has 1 aliphatic rings. The zero-order valence-electron chi connectivity index (χ0n) is 18.3. The Morgan fingerprint density at radius 2 is 1.97 bits per heavy atom. The van der Waals surface area contributed by atoms with Crippen molar-refractivity contribution in [3.05, 3.63) is 48.7 Å². The fourth-order valence-corrected chi connectivity index (χ4v) is 3.95. The fourth-order valence-electron chi connectivity index (χ4n) is 3.95. The minimum Gasteiger partial charge on any atom is -0.497 e. The zero-order chi connectivity index (χ0) is 22.2. The third kappa shape index (κ3) is 3.97. The van der Waals surface area contributed by atoms with Gasteiger partial charge in [0.25, 0.3) is 0 Å². The van der Waals surface area contributed by atoms with E-state index >= 15 is 0 Å². The van der Waals surface area contributed by atoms with Gasteiger partial charge >= 0.3 is 0 Å². The Morgan fingerprint density at radius 1 is 1.09 bits per heavy atom. The maximum absolute atomic E-state index is 6.05. The van der Waals surface area contributed by atoms with Gasteiger partial charge < -0.3 is 24.1 Å². The van der Waals surface area contributed by atoms with Crippen LogP contribution in [0.25, 0.3) is 33.5 Å². The van der Waals surface area contributed by atoms with Crippen molar-refractivity contribution in [1.82, 2.24) is 25.1 Å². The Bertz CT molecular complexity index is 1450. The van der Waals surface area contributed by atoms with Gasteiger partial charge in [-0.25, -0.2) is 9.97 Å². The summed E-state index contributed by atoms with van der Waals surface area (Å²) >= 11 is 0. The lowest BCUT2D eigenvalue weighted by molar-refractivity contribution is 0.122. The van der Waals surface area contributed by atoms with E-state index in [-0.39, 0.29) is 12.4 Å². The molecule has 0 spiro atoms. The monoisotopic (exact) mass is 479 g/mol. The lowest BCUT2D eigenvalue weighted by Gasteiger charge is -2.27. The Hall–Kier alpha value is -3.89. The van der Waals surface area contributed by atoms with Crippen molar-refractivity contribution in [2.45, 2.75) is 0 Å². The van der Waals surface area contributed by atoms with Gasteiger partial charge in [0.15, 0.2) is 17.2 Å². The van der Waals surface area contributed by atoms with Crippen molar-refractivity contribution in [2.75, 3.05) is 43.6 Å². The smallest absolute Gasteiger partial charge is 0.231 e. The molecule has 34 heavy (non-hydrogen) atoms. The molecule has 5 heterocycles. The highest BCUT2D eigenvalue weighted by Crippen LogP contribution is 2.34. The number of hydrogen-bond donors (Lipinski definition) is 2. The number of ether oxygens (including phenoxy) is 2. The molecule has 4 aromatic heterocycles. The van der Waals surface area contributed by atoms with E-state index in [2.05, 4.69) is 25.4 Å². The van der Waals surface area contributed by atoms with Crippen LogP contribution in [0, 0.1) is 0 Å². The van der Waals surface area contributed by atoms with Crippen molar-refractivity contribution < 1.29 is 13.9 Å². The predicted molar refractivity (Wildman–Crippen MR) is 131 cm³/mol. The number of nitrogens with zero attached hydrogens (tertiary/aromatic N) is 5. The van der Waals surface area contributed by atoms with Crippen molar-refractivity contribution in [1.29, 1.82) is 0 Å². The largest absolute Gasteiger partial charge is 0.497 e. The maximum atomic E-state index is 6.05. The van der Waals surface area contributed by atoms with Crippen LogP contribution in [-0.2, 0) is 4.74 Å². The standard InChI is InChI=1S/C23H21N7O3.ClH/c1-31-15-5-2-4-14(12-15)17-13-18(29-28-17)25-23-26-19-16-6-3-7-24-22(16)33-20(19)21(27-23)30-8-10-32-11-9-30;/h2-7,12-13H,8-11H2,1H3,(H2,25,26,27,28,29);1H. The molecule has 1 fully saturated rings. The minimum atomic E-state index is 0. The summed E-state index contributed by atoms with van der Waals surface area (Å²) in [6, 6.07) is 13.5. The predicted octanol–water partition coefficient (Wildman–Crippen LogP) is 4.17. The van der Waals surface area contributed by atoms with Crippen molar-refractivity contribution >= 4 is 52.2 Å². The SMILES string of the molecule is COc1cccc(-c2cc(Nc3nc(N4CCOCC4)c4oc5ncccc5c4n3)n[nH]2)c1.Cl. The molecule has 0 bridgehead atoms. The Labute approximate surface area is 200 Å². The first kappa shape index (κ1) is 21.9. The lowest BCUT2D eigenvalue weighted by Crippen LogP contribution is -2.37. The number of morpholine rings is 1. The number of methoxy groups -OCH3 is 1. The van der Waals surface area contributed by atoms with E-state index in [0.717, 1.165) is 35.5 Å². The summed E-state index contributed by atoms with van der Waals surface area (Å²) < 4.78 is 16.9. The number of H-pyrrole nitrogens is 1. The molecule has 1 saturated heterocycles. The first-order chi connectivity index (χ1) is 16.3. The molecule has 0 radical (unpaired) electrons. The van der Waals surface area contributed by atoms with Crippen LogP contribution in [-0.4, -0.2) is 58.6 Å². The molecule has 0 atom stereocenters. The van der Waals surface area contributed by atoms with Crippen molar-refractivity contribution in [3.8, 4) is 17.0 Å². The van der Waals surface area contributed by atoms with Gasteiger partial charge in [0.1, 0.15) is 11.3 Å². The number of nitrogens with one attached hydrogen (secondary N) is 2. The summed E-state index contributed by atoms with van der Waals surface area (Å²) in [5.74, 6) is 2.53. The molecule has 0 saturated carbocycles. The summed E-state index contributed by atoms with van der Waals surface area (Å²) in [6.07, 6.45) is 1.70. The lowest BCUT2D eigenvalue weighted by atomic mass is 10.1. The topological polar surface area (TPSA) is 114 Å². The van der Waals surface area contributed by atoms with Gasteiger partial charge in [0.2, 0.25) is 11.7 Å². The molecule has 174 valence electrons. The average molecular weight is 480 g/mol. The summed E-state index contributed by atoms with van der Waals surface area (Å²) in [6.45, 7) is 2.71. The molecule has 2 N–H and O–H groups in total. The summed E-state index contributed by atoms with van der Waals surface area (Å²) in [4.78, 5) is 16.0. The number of hydrogen-bond acceptors (Lipinski definition) is 9. The normalized spacial score (nSPS) is 13.7. The second-order valence-electron chi connectivity index (χ2n) is 7.63. The highest BCUT2D eigenvalue weighted by molar-refractivity contribution is 6.05. The summed E-state index contributed by atoms with van der Waals surface area (Å²) in [5.41, 5.74) is 3.68. The summed E-state index contributed by atoms with van der Waals surface area (Å²) in [7, 11) is 1.65. The molecule has 11 heteroatoms. The Morgan fingerprint density at radius 3 is 2.82 bits per heavy atom. The van der Waals surface area contributed by atoms with Crippen molar-refractivity contribution in [2.24, 2.45) is 0 Å². The third-order valence-corrected chi connectivity index (χ3v) is 5.58. The Kier molecular flexibility index (Phi) is 5.91. The quantitative estimate of drug-likeness (QED) is 0.383. The highest BCUT2D eigenvalue weighted by Gasteiger charge is 2.22. The molecule has 10 nitrogen and oxygen atoms in total. The molecule has 0 amide bonds. The molecular formula is C23H22ClN7O3. The number of anilines is 3. The number of benzene rings is 1. The molecule has 0 aliphatic carbocycles. The number of aromatic nitrogens is 5. The van der Waals surface area contributed by atoms with E-state index in [1.165, 1.54) is 0 Å². The van der Waals surface area contributed by atoms with Gasteiger partial charge in [-0.3, -0.25) is 5.10 Å². The number of fused-ring (bicyclic) bond motifs is 3. The van der Waals surface area contributed by atoms with E-state index in [4.69, 9.17) is 23.9 Å². The first-order valence-electron chi connectivity index (χ1n) is 10.6. The molecule has 0 unspecified atom stereocenters. The maximum Gasteiger partial charge on any atom is 0.231 e. The van der Waals surface area contributed by atoms with Gasteiger partial charge in [0.05, 0.1) is 31.4 Å². The van der Waals surface area contributed by atoms with Gasteiger partial charge in [-0.2, -0.15) is 10.1 Å². The molecule has 5 aromatic rings. The number of pyridine rings is 1. The Balaban J connectivity index is 0.00000241. The third-order valence-electron chi connectivity index (χ3n) is 5.58. The summed E-state index contributed by atoms with van der Waals surface area (Å²) in [5, 5.41) is 11.5. The first-order valence-corrected chi connectivity index (χ1v) is 10.6. The van der Waals surface area contributed by atoms with Crippen LogP contribution in [0.1, 0.15) is 0 Å². The fraction of sp³-hybridized carbons (Fsp3) is 0.217. The highest BCUT2D eigenvalue weighted by atomic mass is 35.5. The van der Waals surface area contributed by atoms with Crippen LogP contribution in [0.4, 0.5) is 17.6 Å². The van der Waals surface area contributed by atoms with Gasteiger partial charge in [-0.15, -0.1) is 12.4 Å². The van der Waals surface area contributed by atoms with Crippen LogP contribution in [0.2, 0.25) is 0 Å². The van der Waals surface area contributed by atoms with E-state index < -0.39 is 0 Å². The number of halogens is 1. The van der Waals surface area contributed by atoms with Crippen LogP contribution >= 0.6 is 12.4 Å². The second kappa shape index (κ2) is 9.16. The van der Waals surface area contributed by atoms with Gasteiger partial charge in [0, 0.05) is 30.9 Å². The molecular weight excluding hydrogens is 458 g/mol. The van der Waals surface area contributed by atoms with E-state index in [1.54, 1.807) is 13.3 Å². The average Bonchev–Trinajstić information content (AvgIpc) is 3.49. The number of furan rings is 1. The van der Waals surface area contributed by atoms with Crippen LogP contribution in [0.15, 0.2) is 53.1 Å². The second-order valence-corrected chi connectivity index (χ2v) is 7.63. The minimum absolute atomic E-state index is 0. The van der Waals surface area contributed by atoms with Gasteiger partial charge in [-0.1, -0.05) is 12.1 Å². The molecule has 1 aliphatic heterocycles. The van der Waals surface area contributed by atoms with Crippen LogP contribution in [0.3, 0.4) is 0 Å². The number of rotatable bonds is 5. The van der Waals surface area contributed by atoms with Crippen LogP contribution in [0.5, 0.6) is 5.75 Å². The van der Waals surface area contributed by atoms with E-state index in [9.17, 15) is 0 Å². The van der Waals surface area contributed by atoms with Crippen molar-refractivity contribution in [3.63, 3.8) is 0 Å². The number of aromatic amines is 1. The van der Waals surface area contributed by atoms with E-state index in [1.807, 2.05) is 42.5 Å². The van der Waals surface area contributed by atoms with Gasteiger partial charge in [-0.05, 0) is 24.3 Å². The zero-order valence-corrected chi connectivity index (χ0v) is 19.1. The van der Waals surface area contributed by atoms with E-state index in [0.29, 0.717) is 47.6 Å². The van der Waals surface area contributed by atoms with Crippen LogP contribution < -0.4 is 15.0 Å². The molecule has 6 rings (SSSR count). The molecule has 1 aromatic carbocycles.